The summed E-state index contributed by atoms with van der Waals surface area (Å²) in [5.74, 6) is -0.445. The van der Waals surface area contributed by atoms with Crippen molar-refractivity contribution in [3.63, 3.8) is 0 Å². The molecule has 0 spiro atoms. The molecule has 0 radical (unpaired) electrons. The molecule has 1 unspecified atom stereocenters. The van der Waals surface area contributed by atoms with Crippen molar-refractivity contribution in [3.05, 3.63) is 63.7 Å². The lowest BCUT2D eigenvalue weighted by molar-refractivity contribution is -0.386. The molecule has 132 valence electrons. The minimum absolute atomic E-state index is 0.109. The molecule has 2 aromatic carbocycles. The summed E-state index contributed by atoms with van der Waals surface area (Å²) in [4.78, 5) is 22.3. The number of rotatable bonds is 6. The van der Waals surface area contributed by atoms with E-state index in [0.29, 0.717) is 12.0 Å². The Morgan fingerprint density at radius 2 is 1.96 bits per heavy atom. The minimum Gasteiger partial charge on any atom is -0.504 e. The van der Waals surface area contributed by atoms with Gasteiger partial charge in [-0.25, -0.2) is 4.79 Å². The molecule has 1 amide bonds. The Balaban J connectivity index is 1.87. The van der Waals surface area contributed by atoms with Crippen LogP contribution in [0.4, 0.5) is 10.5 Å². The predicted octanol–water partition coefficient (Wildman–Crippen LogP) is 3.04. The summed E-state index contributed by atoms with van der Waals surface area (Å²) in [5.41, 5.74) is 0.927. The van der Waals surface area contributed by atoms with Crippen LogP contribution in [0.3, 0.4) is 0 Å². The van der Waals surface area contributed by atoms with Gasteiger partial charge in [0, 0.05) is 12.6 Å². The molecule has 0 bridgehead atoms. The highest BCUT2D eigenvalue weighted by atomic mass is 16.6. The molecule has 2 aromatic rings. The van der Waals surface area contributed by atoms with Crippen molar-refractivity contribution in [2.45, 2.75) is 19.4 Å². The highest BCUT2D eigenvalue weighted by Gasteiger charge is 2.21. The molecule has 0 saturated heterocycles. The van der Waals surface area contributed by atoms with Gasteiger partial charge < -0.3 is 20.3 Å². The fourth-order valence-corrected chi connectivity index (χ4v) is 2.30. The Morgan fingerprint density at radius 1 is 1.24 bits per heavy atom. The fourth-order valence-electron chi connectivity index (χ4n) is 2.30. The average Bonchev–Trinajstić information content (AvgIpc) is 2.58. The molecule has 8 heteroatoms. The summed E-state index contributed by atoms with van der Waals surface area (Å²) in [6, 6.07) is 10.5. The van der Waals surface area contributed by atoms with Crippen LogP contribution in [0.1, 0.15) is 24.2 Å². The minimum atomic E-state index is -0.778. The molecule has 0 heterocycles. The number of hydrogen-bond acceptors (Lipinski definition) is 6. The van der Waals surface area contributed by atoms with Crippen molar-refractivity contribution in [1.29, 1.82) is 0 Å². The van der Waals surface area contributed by atoms with Gasteiger partial charge in [0.2, 0.25) is 0 Å². The Kier molecular flexibility index (Phi) is 5.78. The zero-order valence-corrected chi connectivity index (χ0v) is 13.5. The Morgan fingerprint density at radius 3 is 2.64 bits per heavy atom. The number of aromatic hydroxyl groups is 2. The van der Waals surface area contributed by atoms with Crippen molar-refractivity contribution >= 4 is 11.8 Å². The number of benzene rings is 2. The van der Waals surface area contributed by atoms with Gasteiger partial charge in [-0.1, -0.05) is 18.2 Å². The molecule has 25 heavy (non-hydrogen) atoms. The van der Waals surface area contributed by atoms with E-state index in [9.17, 15) is 25.1 Å². The molecular formula is C17H18N2O6. The summed E-state index contributed by atoms with van der Waals surface area (Å²) in [5, 5.41) is 32.2. The predicted molar refractivity (Wildman–Crippen MR) is 89.5 cm³/mol. The van der Waals surface area contributed by atoms with Gasteiger partial charge in [0.15, 0.2) is 11.5 Å². The monoisotopic (exact) mass is 346 g/mol. The number of carbonyl (C=O) groups excluding carboxylic acids is 1. The zero-order chi connectivity index (χ0) is 18.4. The van der Waals surface area contributed by atoms with E-state index < -0.39 is 17.1 Å². The molecule has 8 nitrogen and oxygen atoms in total. The number of hydrogen-bond donors (Lipinski definition) is 3. The van der Waals surface area contributed by atoms with E-state index in [1.54, 1.807) is 25.1 Å². The van der Waals surface area contributed by atoms with E-state index in [-0.39, 0.29) is 23.7 Å². The van der Waals surface area contributed by atoms with Crippen LogP contribution in [-0.4, -0.2) is 27.8 Å². The molecule has 1 atom stereocenters. The molecule has 2 rings (SSSR count). The number of nitro groups is 1. The summed E-state index contributed by atoms with van der Waals surface area (Å²) in [6.07, 6.45) is -1.06. The number of amides is 1. The average molecular weight is 346 g/mol. The number of nitrogens with zero attached hydrogens (tertiary/aromatic N) is 1. The van der Waals surface area contributed by atoms with E-state index >= 15 is 0 Å². The second kappa shape index (κ2) is 8.00. The van der Waals surface area contributed by atoms with Crippen LogP contribution in [0.15, 0.2) is 42.5 Å². The van der Waals surface area contributed by atoms with E-state index in [2.05, 4.69) is 5.32 Å². The zero-order valence-electron chi connectivity index (χ0n) is 13.5. The first-order valence-electron chi connectivity index (χ1n) is 7.57. The normalized spacial score (nSPS) is 11.6. The number of carbonyl (C=O) groups is 1. The summed E-state index contributed by atoms with van der Waals surface area (Å²) in [7, 11) is 0. The van der Waals surface area contributed by atoms with Crippen LogP contribution in [0, 0.1) is 10.1 Å². The smallest absolute Gasteiger partial charge is 0.407 e. The maximum atomic E-state index is 11.8. The van der Waals surface area contributed by atoms with E-state index in [1.165, 1.54) is 24.3 Å². The Bertz CT molecular complexity index is 777. The molecular weight excluding hydrogens is 328 g/mol. The first-order chi connectivity index (χ1) is 11.9. The SMILES string of the molecule is CC(OC(=O)NCCc1ccc(O)c(O)c1)c1ccccc1[N+](=O)[O-]. The third-order valence-electron chi connectivity index (χ3n) is 3.58. The van der Waals surface area contributed by atoms with Crippen molar-refractivity contribution in [2.75, 3.05) is 6.54 Å². The summed E-state index contributed by atoms with van der Waals surface area (Å²) >= 11 is 0. The molecule has 0 aliphatic rings. The largest absolute Gasteiger partial charge is 0.504 e. The molecule has 0 fully saturated rings. The summed E-state index contributed by atoms with van der Waals surface area (Å²) in [6.45, 7) is 1.80. The lowest BCUT2D eigenvalue weighted by Gasteiger charge is -2.14. The van der Waals surface area contributed by atoms with Gasteiger partial charge in [0.05, 0.1) is 10.5 Å². The van der Waals surface area contributed by atoms with Crippen LogP contribution in [0.5, 0.6) is 11.5 Å². The van der Waals surface area contributed by atoms with Gasteiger partial charge in [-0.3, -0.25) is 10.1 Å². The van der Waals surface area contributed by atoms with Gasteiger partial charge in [-0.2, -0.15) is 0 Å². The van der Waals surface area contributed by atoms with Crippen LogP contribution in [-0.2, 0) is 11.2 Å². The highest BCUT2D eigenvalue weighted by Crippen LogP contribution is 2.27. The van der Waals surface area contributed by atoms with Crippen LogP contribution in [0.2, 0.25) is 0 Å². The second-order valence-electron chi connectivity index (χ2n) is 5.36. The van der Waals surface area contributed by atoms with Crippen molar-refractivity contribution in [1.82, 2.24) is 5.32 Å². The number of nitro benzene ring substituents is 1. The van der Waals surface area contributed by atoms with Crippen LogP contribution < -0.4 is 5.32 Å². The number of phenolic OH excluding ortho intramolecular Hbond substituents is 2. The van der Waals surface area contributed by atoms with Crippen LogP contribution in [0.25, 0.3) is 0 Å². The van der Waals surface area contributed by atoms with Gasteiger partial charge in [0.1, 0.15) is 6.10 Å². The van der Waals surface area contributed by atoms with Crippen LogP contribution >= 0.6 is 0 Å². The second-order valence-corrected chi connectivity index (χ2v) is 5.36. The maximum Gasteiger partial charge on any atom is 0.407 e. The third-order valence-corrected chi connectivity index (χ3v) is 3.58. The third kappa shape index (κ3) is 4.84. The molecule has 0 aromatic heterocycles. The number of alkyl carbamates (subject to hydrolysis) is 1. The maximum absolute atomic E-state index is 11.8. The van der Waals surface area contributed by atoms with Gasteiger partial charge >= 0.3 is 6.09 Å². The van der Waals surface area contributed by atoms with E-state index in [1.807, 2.05) is 0 Å². The van der Waals surface area contributed by atoms with Gasteiger partial charge in [0.25, 0.3) is 5.69 Å². The topological polar surface area (TPSA) is 122 Å². The fraction of sp³-hybridized carbons (Fsp3) is 0.235. The number of nitrogens with one attached hydrogen (secondary N) is 1. The first-order valence-corrected chi connectivity index (χ1v) is 7.57. The van der Waals surface area contributed by atoms with Gasteiger partial charge in [-0.05, 0) is 37.1 Å². The number of phenols is 2. The van der Waals surface area contributed by atoms with E-state index in [4.69, 9.17) is 4.74 Å². The first kappa shape index (κ1) is 18.1. The quantitative estimate of drug-likeness (QED) is 0.420. The molecule has 0 aliphatic heterocycles. The van der Waals surface area contributed by atoms with Crippen molar-refractivity contribution in [2.24, 2.45) is 0 Å². The number of para-hydroxylation sites is 1. The Hall–Kier alpha value is -3.29. The molecule has 0 aliphatic carbocycles. The molecule has 0 saturated carbocycles. The Labute approximate surface area is 143 Å². The number of ether oxygens (including phenoxy) is 1. The lowest BCUT2D eigenvalue weighted by Crippen LogP contribution is -2.27. The molecule has 3 N–H and O–H groups in total. The highest BCUT2D eigenvalue weighted by molar-refractivity contribution is 5.67. The van der Waals surface area contributed by atoms with Crippen molar-refractivity contribution < 1.29 is 24.7 Å². The van der Waals surface area contributed by atoms with Crippen molar-refractivity contribution in [3.8, 4) is 11.5 Å². The summed E-state index contributed by atoms with van der Waals surface area (Å²) < 4.78 is 5.16. The standard InChI is InChI=1S/C17H18N2O6/c1-11(13-4-2-3-5-14(13)19(23)24)25-17(22)18-9-8-12-6-7-15(20)16(21)10-12/h2-7,10-11,20-21H,8-9H2,1H3,(H,18,22). The van der Waals surface area contributed by atoms with E-state index in [0.717, 1.165) is 5.56 Å². The van der Waals surface area contributed by atoms with Gasteiger partial charge in [-0.15, -0.1) is 0 Å². The lowest BCUT2D eigenvalue weighted by atomic mass is 10.1.